The number of thioether (sulfide) groups is 1. The monoisotopic (exact) mass is 473 g/mol. The van der Waals surface area contributed by atoms with E-state index in [9.17, 15) is 19.1 Å². The number of carbonyl (C=O) groups is 2. The molecule has 174 valence electrons. The molecule has 9 nitrogen and oxygen atoms in total. The number of hydrogen-bond acceptors (Lipinski definition) is 7. The molecule has 0 aliphatic carbocycles. The van der Waals surface area contributed by atoms with Crippen LogP contribution in [-0.4, -0.2) is 51.2 Å². The van der Waals surface area contributed by atoms with E-state index >= 15 is 0 Å². The summed E-state index contributed by atoms with van der Waals surface area (Å²) in [5.41, 5.74) is 0.894. The maximum atomic E-state index is 13.0. The topological polar surface area (TPSA) is 118 Å². The Bertz CT molecular complexity index is 1090. The van der Waals surface area contributed by atoms with Gasteiger partial charge in [-0.15, -0.1) is 10.2 Å². The minimum atomic E-state index is -0.783. The Morgan fingerprint density at radius 1 is 1.15 bits per heavy atom. The number of nitrogens with one attached hydrogen (secondary N) is 2. The van der Waals surface area contributed by atoms with Gasteiger partial charge in [-0.05, 0) is 55.5 Å². The van der Waals surface area contributed by atoms with Gasteiger partial charge in [0.2, 0.25) is 5.91 Å². The quantitative estimate of drug-likeness (QED) is 0.388. The van der Waals surface area contributed by atoms with E-state index < -0.39 is 6.04 Å². The summed E-state index contributed by atoms with van der Waals surface area (Å²) in [7, 11) is 1.54. The van der Waals surface area contributed by atoms with Crippen molar-refractivity contribution in [2.75, 3.05) is 24.8 Å². The van der Waals surface area contributed by atoms with Gasteiger partial charge in [-0.3, -0.25) is 9.59 Å². The maximum Gasteiger partial charge on any atom is 0.251 e. The van der Waals surface area contributed by atoms with Crippen LogP contribution in [0.1, 0.15) is 29.1 Å². The van der Waals surface area contributed by atoms with Crippen LogP contribution in [-0.2, 0) is 11.3 Å². The van der Waals surface area contributed by atoms with Gasteiger partial charge in [-0.25, -0.2) is 4.39 Å². The van der Waals surface area contributed by atoms with Crippen LogP contribution in [0, 0.1) is 5.82 Å². The van der Waals surface area contributed by atoms with Crippen LogP contribution in [0.4, 0.5) is 10.1 Å². The van der Waals surface area contributed by atoms with E-state index in [2.05, 4.69) is 20.8 Å². The molecule has 0 aliphatic heterocycles. The number of aliphatic hydroxyl groups excluding tert-OH is 1. The number of nitrogens with zero attached hydrogens (tertiary/aromatic N) is 3. The lowest BCUT2D eigenvalue weighted by atomic mass is 10.2. The molecule has 1 heterocycles. The second-order valence-electron chi connectivity index (χ2n) is 6.87. The Hall–Kier alpha value is -3.44. The van der Waals surface area contributed by atoms with Crippen LogP contribution in [0.2, 0.25) is 0 Å². The SMILES string of the molecule is CCn1c(SCC(=O)Nc2ccc(F)cc2)nnc1C(CO)NC(=O)c1ccc(OC)cc1. The summed E-state index contributed by atoms with van der Waals surface area (Å²) in [6.07, 6.45) is 0. The molecule has 1 aromatic heterocycles. The number of methoxy groups -OCH3 is 1. The Morgan fingerprint density at radius 2 is 1.85 bits per heavy atom. The number of amides is 2. The molecular formula is C22H24FN5O4S. The van der Waals surface area contributed by atoms with E-state index in [-0.39, 0.29) is 30.0 Å². The molecule has 0 saturated carbocycles. The molecule has 11 heteroatoms. The predicted molar refractivity (Wildman–Crippen MR) is 122 cm³/mol. The molecule has 0 bridgehead atoms. The zero-order chi connectivity index (χ0) is 23.8. The van der Waals surface area contributed by atoms with Gasteiger partial charge in [-0.2, -0.15) is 0 Å². The van der Waals surface area contributed by atoms with Gasteiger partial charge in [0.05, 0.1) is 19.5 Å². The molecular weight excluding hydrogens is 449 g/mol. The van der Waals surface area contributed by atoms with Crippen LogP contribution in [0.15, 0.2) is 53.7 Å². The predicted octanol–water partition coefficient (Wildman–Crippen LogP) is 2.64. The summed E-state index contributed by atoms with van der Waals surface area (Å²) in [6, 6.07) is 11.3. The van der Waals surface area contributed by atoms with Crippen LogP contribution < -0.4 is 15.4 Å². The number of ether oxygens (including phenoxy) is 1. The highest BCUT2D eigenvalue weighted by Crippen LogP contribution is 2.22. The van der Waals surface area contributed by atoms with Crippen molar-refractivity contribution in [3.8, 4) is 5.75 Å². The minimum Gasteiger partial charge on any atom is -0.497 e. The third-order valence-electron chi connectivity index (χ3n) is 4.67. The molecule has 0 aliphatic rings. The number of rotatable bonds is 10. The lowest BCUT2D eigenvalue weighted by molar-refractivity contribution is -0.113. The molecule has 33 heavy (non-hydrogen) atoms. The fourth-order valence-corrected chi connectivity index (χ4v) is 3.81. The molecule has 1 unspecified atom stereocenters. The normalized spacial score (nSPS) is 11.6. The van der Waals surface area contributed by atoms with Gasteiger partial charge in [0.1, 0.15) is 17.6 Å². The Labute approximate surface area is 194 Å². The van der Waals surface area contributed by atoms with Crippen molar-refractivity contribution in [3.63, 3.8) is 0 Å². The number of carbonyl (C=O) groups excluding carboxylic acids is 2. The fourth-order valence-electron chi connectivity index (χ4n) is 3.00. The van der Waals surface area contributed by atoms with Crippen molar-refractivity contribution >= 4 is 29.3 Å². The van der Waals surface area contributed by atoms with Gasteiger partial charge in [0.25, 0.3) is 5.91 Å². The van der Waals surface area contributed by atoms with Gasteiger partial charge in [0, 0.05) is 17.8 Å². The molecule has 0 radical (unpaired) electrons. The molecule has 2 amide bonds. The standard InChI is InChI=1S/C22H24FN5O4S/c1-3-28-20(18(12-29)25-21(31)14-4-10-17(32-2)11-5-14)26-27-22(28)33-13-19(30)24-16-8-6-15(23)7-9-16/h4-11,18,29H,3,12-13H2,1-2H3,(H,24,30)(H,25,31). The molecule has 0 spiro atoms. The zero-order valence-electron chi connectivity index (χ0n) is 18.1. The Kier molecular flexibility index (Phi) is 8.39. The fraction of sp³-hybridized carbons (Fsp3) is 0.273. The highest BCUT2D eigenvalue weighted by Gasteiger charge is 2.23. The number of benzene rings is 2. The first-order chi connectivity index (χ1) is 15.9. The van der Waals surface area contributed by atoms with Gasteiger partial charge in [-0.1, -0.05) is 11.8 Å². The first-order valence-corrected chi connectivity index (χ1v) is 11.1. The zero-order valence-corrected chi connectivity index (χ0v) is 18.9. The molecule has 0 fully saturated rings. The number of halogens is 1. The highest BCUT2D eigenvalue weighted by molar-refractivity contribution is 7.99. The molecule has 3 aromatic rings. The van der Waals surface area contributed by atoms with Crippen molar-refractivity contribution < 1.29 is 23.8 Å². The Morgan fingerprint density at radius 3 is 2.45 bits per heavy atom. The van der Waals surface area contributed by atoms with E-state index in [1.54, 1.807) is 28.8 Å². The lowest BCUT2D eigenvalue weighted by Crippen LogP contribution is -2.32. The van der Waals surface area contributed by atoms with Crippen LogP contribution >= 0.6 is 11.8 Å². The van der Waals surface area contributed by atoms with E-state index in [1.807, 2.05) is 6.92 Å². The maximum absolute atomic E-state index is 13.0. The van der Waals surface area contributed by atoms with Gasteiger partial charge >= 0.3 is 0 Å². The number of anilines is 1. The van der Waals surface area contributed by atoms with Gasteiger partial charge < -0.3 is 25.0 Å². The van der Waals surface area contributed by atoms with Crippen molar-refractivity contribution in [1.82, 2.24) is 20.1 Å². The average molecular weight is 474 g/mol. The molecule has 2 aromatic carbocycles. The van der Waals surface area contributed by atoms with E-state index in [4.69, 9.17) is 4.74 Å². The third-order valence-corrected chi connectivity index (χ3v) is 5.64. The summed E-state index contributed by atoms with van der Waals surface area (Å²) < 4.78 is 19.8. The van der Waals surface area contributed by atoms with E-state index in [0.29, 0.717) is 34.5 Å². The molecule has 3 N–H and O–H groups in total. The van der Waals surface area contributed by atoms with Crippen molar-refractivity contribution in [3.05, 3.63) is 65.7 Å². The first-order valence-electron chi connectivity index (χ1n) is 10.1. The minimum absolute atomic E-state index is 0.0531. The smallest absolute Gasteiger partial charge is 0.251 e. The second kappa shape index (κ2) is 11.4. The van der Waals surface area contributed by atoms with E-state index in [1.165, 1.54) is 43.1 Å². The summed E-state index contributed by atoms with van der Waals surface area (Å²) >= 11 is 1.17. The summed E-state index contributed by atoms with van der Waals surface area (Å²) in [6.45, 7) is 1.96. The van der Waals surface area contributed by atoms with Crippen molar-refractivity contribution in [2.45, 2.75) is 24.7 Å². The summed E-state index contributed by atoms with van der Waals surface area (Å²) in [5, 5.41) is 24.0. The number of aliphatic hydroxyl groups is 1. The molecule has 0 saturated heterocycles. The molecule has 1 atom stereocenters. The molecule has 3 rings (SSSR count). The Balaban J connectivity index is 1.65. The summed E-state index contributed by atoms with van der Waals surface area (Å²) in [4.78, 5) is 24.8. The van der Waals surface area contributed by atoms with Crippen LogP contribution in [0.5, 0.6) is 5.75 Å². The van der Waals surface area contributed by atoms with E-state index in [0.717, 1.165) is 0 Å². The van der Waals surface area contributed by atoms with Crippen molar-refractivity contribution in [2.24, 2.45) is 0 Å². The second-order valence-corrected chi connectivity index (χ2v) is 7.81. The largest absolute Gasteiger partial charge is 0.497 e. The van der Waals surface area contributed by atoms with Crippen LogP contribution in [0.3, 0.4) is 0 Å². The van der Waals surface area contributed by atoms with Gasteiger partial charge in [0.15, 0.2) is 11.0 Å². The van der Waals surface area contributed by atoms with Crippen molar-refractivity contribution in [1.29, 1.82) is 0 Å². The lowest BCUT2D eigenvalue weighted by Gasteiger charge is -2.17. The average Bonchev–Trinajstić information content (AvgIpc) is 3.25. The third kappa shape index (κ3) is 6.30. The summed E-state index contributed by atoms with van der Waals surface area (Å²) in [5.74, 6) is 0.00536. The first kappa shape index (κ1) is 24.2. The number of hydrogen-bond donors (Lipinski definition) is 3. The van der Waals surface area contributed by atoms with Crippen LogP contribution in [0.25, 0.3) is 0 Å². The highest BCUT2D eigenvalue weighted by atomic mass is 32.2. The number of aromatic nitrogens is 3.